The van der Waals surface area contributed by atoms with Gasteiger partial charge in [0.05, 0.1) is 12.2 Å². The molecule has 0 spiro atoms. The van der Waals surface area contributed by atoms with Gasteiger partial charge in [0.2, 0.25) is 0 Å². The zero-order valence-electron chi connectivity index (χ0n) is 19.3. The lowest BCUT2D eigenvalue weighted by Gasteiger charge is -2.64. The third-order valence-electron chi connectivity index (χ3n) is 11.0. The Bertz CT molecular complexity index is 578. The predicted molar refractivity (Wildman–Crippen MR) is 117 cm³/mol. The fourth-order valence-electron chi connectivity index (χ4n) is 9.55. The Kier molecular flexibility index (Phi) is 6.17. The molecule has 0 heterocycles. The van der Waals surface area contributed by atoms with Gasteiger partial charge in [-0.15, -0.1) is 0 Å². The van der Waals surface area contributed by atoms with Crippen LogP contribution in [0.4, 0.5) is 0 Å². The van der Waals surface area contributed by atoms with Crippen molar-refractivity contribution in [2.24, 2.45) is 52.3 Å². The maximum atomic E-state index is 11.7. The molecule has 0 amide bonds. The fraction of sp³-hybridized carbons (Fsp3) is 1.00. The molecule has 4 unspecified atom stereocenters. The molecule has 0 aromatic heterocycles. The number of rotatable bonds is 5. The van der Waals surface area contributed by atoms with Gasteiger partial charge in [-0.05, 0) is 110 Å². The van der Waals surface area contributed by atoms with Crippen LogP contribution in [0.3, 0.4) is 0 Å². The Morgan fingerprint density at radius 2 is 1.62 bits per heavy atom. The Morgan fingerprint density at radius 1 is 0.931 bits per heavy atom. The molecule has 3 nitrogen and oxygen atoms in total. The first-order chi connectivity index (χ1) is 13.8. The summed E-state index contributed by atoms with van der Waals surface area (Å²) in [6.45, 7) is 10.0. The summed E-state index contributed by atoms with van der Waals surface area (Å²) in [5.74, 6) is 3.97. The smallest absolute Gasteiger partial charge is 0.0605 e. The van der Waals surface area contributed by atoms with Gasteiger partial charge >= 0.3 is 0 Å². The standard InChI is InChI=1S/C26H46O3/c1-5-18-22-15-17(28)10-12-26(22,4)21-11-13-25(3)19(16(2)7-6-14-27)8-9-20(25)23(21)24(18)29/h16-24,27-29H,5-15H2,1-4H3/t16-,17+,18-,19-,20?,21?,22+,23?,24?,25-,26-/m1/s1. The quantitative estimate of drug-likeness (QED) is 0.601. The van der Waals surface area contributed by atoms with E-state index >= 15 is 0 Å². The van der Waals surface area contributed by atoms with Gasteiger partial charge in [-0.1, -0.05) is 34.1 Å². The second kappa shape index (κ2) is 8.10. The van der Waals surface area contributed by atoms with E-state index in [9.17, 15) is 15.3 Å². The van der Waals surface area contributed by atoms with Crippen molar-refractivity contribution >= 4 is 0 Å². The highest BCUT2D eigenvalue weighted by Crippen LogP contribution is 2.69. The average Bonchev–Trinajstić information content (AvgIpc) is 3.05. The predicted octanol–water partition coefficient (Wildman–Crippen LogP) is 5.02. The molecule has 4 rings (SSSR count). The van der Waals surface area contributed by atoms with Gasteiger partial charge in [-0.25, -0.2) is 0 Å². The van der Waals surface area contributed by atoms with Crippen LogP contribution >= 0.6 is 0 Å². The van der Waals surface area contributed by atoms with E-state index in [4.69, 9.17) is 0 Å². The minimum atomic E-state index is -0.190. The van der Waals surface area contributed by atoms with Crippen LogP contribution in [0.2, 0.25) is 0 Å². The molecule has 0 aliphatic heterocycles. The van der Waals surface area contributed by atoms with Crippen LogP contribution in [0.15, 0.2) is 0 Å². The highest BCUT2D eigenvalue weighted by atomic mass is 16.3. The molecule has 3 N–H and O–H groups in total. The van der Waals surface area contributed by atoms with E-state index in [2.05, 4.69) is 27.7 Å². The van der Waals surface area contributed by atoms with Crippen LogP contribution in [-0.2, 0) is 0 Å². The monoisotopic (exact) mass is 406 g/mol. The summed E-state index contributed by atoms with van der Waals surface area (Å²) in [5, 5.41) is 31.4. The first kappa shape index (κ1) is 22.1. The number of hydrogen-bond acceptors (Lipinski definition) is 3. The molecular formula is C26H46O3. The van der Waals surface area contributed by atoms with Crippen LogP contribution in [-0.4, -0.2) is 34.1 Å². The van der Waals surface area contributed by atoms with Crippen molar-refractivity contribution in [2.45, 2.75) is 104 Å². The minimum Gasteiger partial charge on any atom is -0.396 e. The third-order valence-corrected chi connectivity index (χ3v) is 11.0. The van der Waals surface area contributed by atoms with E-state index in [0.29, 0.717) is 52.9 Å². The molecule has 4 fully saturated rings. The summed E-state index contributed by atoms with van der Waals surface area (Å²) in [6, 6.07) is 0. The third kappa shape index (κ3) is 3.33. The van der Waals surface area contributed by atoms with E-state index in [-0.39, 0.29) is 12.2 Å². The molecule has 0 aromatic carbocycles. The van der Waals surface area contributed by atoms with Gasteiger partial charge < -0.3 is 15.3 Å². The van der Waals surface area contributed by atoms with Crippen LogP contribution < -0.4 is 0 Å². The molecule has 4 aliphatic rings. The molecule has 0 radical (unpaired) electrons. The van der Waals surface area contributed by atoms with Gasteiger partial charge in [0.15, 0.2) is 0 Å². The first-order valence-corrected chi connectivity index (χ1v) is 12.7. The van der Waals surface area contributed by atoms with Crippen molar-refractivity contribution in [3.05, 3.63) is 0 Å². The van der Waals surface area contributed by atoms with Crippen LogP contribution in [0.1, 0.15) is 91.9 Å². The zero-order chi connectivity index (χ0) is 21.0. The Morgan fingerprint density at radius 3 is 2.31 bits per heavy atom. The Labute approximate surface area is 178 Å². The molecule has 11 atom stereocenters. The van der Waals surface area contributed by atoms with Crippen molar-refractivity contribution < 1.29 is 15.3 Å². The number of aliphatic hydroxyl groups is 3. The zero-order valence-corrected chi connectivity index (χ0v) is 19.3. The highest BCUT2D eigenvalue weighted by molar-refractivity contribution is 5.13. The van der Waals surface area contributed by atoms with E-state index in [1.165, 1.54) is 25.7 Å². The fourth-order valence-corrected chi connectivity index (χ4v) is 9.55. The number of fused-ring (bicyclic) bond motifs is 5. The summed E-state index contributed by atoms with van der Waals surface area (Å²) in [4.78, 5) is 0. The van der Waals surface area contributed by atoms with Crippen molar-refractivity contribution in [3.8, 4) is 0 Å². The summed E-state index contributed by atoms with van der Waals surface area (Å²) >= 11 is 0. The molecule has 3 heteroatoms. The SMILES string of the molecule is CC[C@H]1C(O)C2C3CC[C@H]([C@H](C)CCCO)[C@@]3(C)CCC2[C@@]2(C)CC[C@H](O)C[C@@H]12. The molecular weight excluding hydrogens is 360 g/mol. The van der Waals surface area contributed by atoms with Gasteiger partial charge in [0.1, 0.15) is 0 Å². The van der Waals surface area contributed by atoms with Crippen molar-refractivity contribution in [1.82, 2.24) is 0 Å². The second-order valence-electron chi connectivity index (χ2n) is 12.0. The molecule has 168 valence electrons. The summed E-state index contributed by atoms with van der Waals surface area (Å²) < 4.78 is 0. The Hall–Kier alpha value is -0.120. The van der Waals surface area contributed by atoms with Crippen molar-refractivity contribution in [1.29, 1.82) is 0 Å². The topological polar surface area (TPSA) is 60.7 Å². The molecule has 0 aromatic rings. The lowest BCUT2D eigenvalue weighted by atomic mass is 9.41. The molecule has 0 saturated heterocycles. The molecule has 4 saturated carbocycles. The second-order valence-corrected chi connectivity index (χ2v) is 12.0. The van der Waals surface area contributed by atoms with Gasteiger partial charge in [-0.3, -0.25) is 0 Å². The van der Waals surface area contributed by atoms with Crippen molar-refractivity contribution in [3.63, 3.8) is 0 Å². The molecule has 4 aliphatic carbocycles. The average molecular weight is 407 g/mol. The maximum Gasteiger partial charge on any atom is 0.0605 e. The van der Waals surface area contributed by atoms with Crippen LogP contribution in [0.5, 0.6) is 0 Å². The summed E-state index contributed by atoms with van der Waals surface area (Å²) in [7, 11) is 0. The minimum absolute atomic E-state index is 0.164. The van der Waals surface area contributed by atoms with E-state index < -0.39 is 0 Å². The normalized spacial score (nSPS) is 53.1. The highest BCUT2D eigenvalue weighted by Gasteiger charge is 2.64. The molecule has 0 bridgehead atoms. The van der Waals surface area contributed by atoms with E-state index in [1.807, 2.05) is 0 Å². The van der Waals surface area contributed by atoms with Crippen LogP contribution in [0, 0.1) is 52.3 Å². The van der Waals surface area contributed by atoms with E-state index in [1.54, 1.807) is 0 Å². The number of aliphatic hydroxyl groups excluding tert-OH is 3. The number of hydrogen-bond donors (Lipinski definition) is 3. The van der Waals surface area contributed by atoms with Crippen LogP contribution in [0.25, 0.3) is 0 Å². The maximum absolute atomic E-state index is 11.7. The van der Waals surface area contributed by atoms with E-state index in [0.717, 1.165) is 44.4 Å². The Balaban J connectivity index is 1.63. The van der Waals surface area contributed by atoms with Gasteiger partial charge in [-0.2, -0.15) is 0 Å². The first-order valence-electron chi connectivity index (χ1n) is 12.7. The van der Waals surface area contributed by atoms with Crippen molar-refractivity contribution in [2.75, 3.05) is 6.61 Å². The largest absolute Gasteiger partial charge is 0.396 e. The lowest BCUT2D eigenvalue weighted by Crippen LogP contribution is -2.62. The van der Waals surface area contributed by atoms with Gasteiger partial charge in [0, 0.05) is 6.61 Å². The molecule has 29 heavy (non-hydrogen) atoms. The summed E-state index contributed by atoms with van der Waals surface area (Å²) in [6.07, 6.45) is 10.9. The van der Waals surface area contributed by atoms with Gasteiger partial charge in [0.25, 0.3) is 0 Å². The summed E-state index contributed by atoms with van der Waals surface area (Å²) in [5.41, 5.74) is 0.651. The lowest BCUT2D eigenvalue weighted by molar-refractivity contribution is -0.203.